The highest BCUT2D eigenvalue weighted by atomic mass is 16.3. The van der Waals surface area contributed by atoms with Crippen LogP contribution in [0.3, 0.4) is 0 Å². The molecule has 0 aliphatic carbocycles. The third-order valence-corrected chi connectivity index (χ3v) is 3.23. The number of aromatic nitrogens is 1. The summed E-state index contributed by atoms with van der Waals surface area (Å²) in [5.41, 5.74) is 2.03. The van der Waals surface area contributed by atoms with E-state index in [9.17, 15) is 5.11 Å². The van der Waals surface area contributed by atoms with E-state index in [1.54, 1.807) is 6.20 Å². The molecule has 20 heavy (non-hydrogen) atoms. The van der Waals surface area contributed by atoms with Crippen molar-refractivity contribution in [2.24, 2.45) is 0 Å². The zero-order valence-corrected chi connectivity index (χ0v) is 11.4. The van der Waals surface area contributed by atoms with Crippen molar-refractivity contribution in [1.29, 1.82) is 0 Å². The van der Waals surface area contributed by atoms with E-state index in [-0.39, 0.29) is 18.7 Å². The Labute approximate surface area is 120 Å². The summed E-state index contributed by atoms with van der Waals surface area (Å²) in [7, 11) is 0. The Hall–Kier alpha value is -1.97. The molecule has 2 N–H and O–H groups in total. The normalized spacial score (nSPS) is 13.7. The van der Waals surface area contributed by atoms with Gasteiger partial charge >= 0.3 is 0 Å². The van der Waals surface area contributed by atoms with Crippen LogP contribution in [0.2, 0.25) is 0 Å². The third kappa shape index (κ3) is 3.76. The Morgan fingerprint density at radius 1 is 1.10 bits per heavy atom. The Kier molecular flexibility index (Phi) is 5.47. The van der Waals surface area contributed by atoms with Crippen molar-refractivity contribution in [2.45, 2.75) is 18.5 Å². The van der Waals surface area contributed by atoms with Crippen LogP contribution in [0.1, 0.15) is 29.8 Å². The molecule has 0 aliphatic heterocycles. The van der Waals surface area contributed by atoms with Crippen molar-refractivity contribution in [3.05, 3.63) is 78.6 Å². The first-order valence-electron chi connectivity index (χ1n) is 6.79. The van der Waals surface area contributed by atoms with Crippen LogP contribution in [0, 0.1) is 0 Å². The lowest BCUT2D eigenvalue weighted by Gasteiger charge is -2.24. The number of benzene rings is 1. The summed E-state index contributed by atoms with van der Waals surface area (Å²) >= 11 is 0. The molecule has 0 spiro atoms. The van der Waals surface area contributed by atoms with Crippen LogP contribution in [0.15, 0.2) is 67.4 Å². The first kappa shape index (κ1) is 14.4. The fraction of sp³-hybridized carbons (Fsp3) is 0.235. The van der Waals surface area contributed by atoms with Crippen molar-refractivity contribution in [1.82, 2.24) is 10.3 Å². The minimum atomic E-state index is -0.108. The van der Waals surface area contributed by atoms with Crippen LogP contribution in [-0.2, 0) is 0 Å². The van der Waals surface area contributed by atoms with Gasteiger partial charge in [-0.15, -0.1) is 6.58 Å². The molecule has 2 atom stereocenters. The third-order valence-electron chi connectivity index (χ3n) is 3.23. The predicted octanol–water partition coefficient (Wildman–Crippen LogP) is 3.02. The highest BCUT2D eigenvalue weighted by Crippen LogP contribution is 2.21. The van der Waals surface area contributed by atoms with Crippen LogP contribution < -0.4 is 5.32 Å². The number of aliphatic hydroxyl groups is 1. The number of aliphatic hydroxyl groups excluding tert-OH is 1. The van der Waals surface area contributed by atoms with Gasteiger partial charge in [0.05, 0.1) is 24.4 Å². The molecule has 0 aliphatic rings. The molecule has 1 aromatic heterocycles. The van der Waals surface area contributed by atoms with E-state index in [1.807, 2.05) is 54.6 Å². The fourth-order valence-electron chi connectivity index (χ4n) is 2.21. The predicted molar refractivity (Wildman–Crippen MR) is 81.2 cm³/mol. The Bertz CT molecular complexity index is 513. The van der Waals surface area contributed by atoms with Gasteiger partial charge in [-0.25, -0.2) is 0 Å². The van der Waals surface area contributed by atoms with E-state index < -0.39 is 0 Å². The van der Waals surface area contributed by atoms with Crippen LogP contribution in [-0.4, -0.2) is 16.7 Å². The summed E-state index contributed by atoms with van der Waals surface area (Å²) in [6.45, 7) is 3.85. The highest BCUT2D eigenvalue weighted by molar-refractivity contribution is 5.20. The first-order valence-corrected chi connectivity index (χ1v) is 6.79. The van der Waals surface area contributed by atoms with E-state index in [1.165, 1.54) is 0 Å². The molecule has 0 saturated carbocycles. The Balaban J connectivity index is 2.16. The SMILES string of the molecule is C=CCC(N[C@H](CO)c1ccccc1)c1ccccn1. The summed E-state index contributed by atoms with van der Waals surface area (Å²) in [5, 5.41) is 13.1. The standard InChI is InChI=1S/C17H20N2O/c1-2-8-16(15-11-6-7-12-18-15)19-17(13-20)14-9-4-3-5-10-14/h2-7,9-12,16-17,19-20H,1,8,13H2/t16?,17-/m1/s1. The van der Waals surface area contributed by atoms with Crippen LogP contribution in [0.25, 0.3) is 0 Å². The summed E-state index contributed by atoms with van der Waals surface area (Å²) < 4.78 is 0. The highest BCUT2D eigenvalue weighted by Gasteiger charge is 2.17. The average molecular weight is 268 g/mol. The summed E-state index contributed by atoms with van der Waals surface area (Å²) in [6.07, 6.45) is 4.41. The van der Waals surface area contributed by atoms with Gasteiger partial charge in [0.1, 0.15) is 0 Å². The molecular weight excluding hydrogens is 248 g/mol. The molecule has 0 saturated heterocycles. The molecule has 0 radical (unpaired) electrons. The monoisotopic (exact) mass is 268 g/mol. The van der Waals surface area contributed by atoms with E-state index in [0.29, 0.717) is 0 Å². The zero-order valence-electron chi connectivity index (χ0n) is 11.4. The average Bonchev–Trinajstić information content (AvgIpc) is 2.53. The van der Waals surface area contributed by atoms with Gasteiger partial charge in [-0.1, -0.05) is 42.5 Å². The van der Waals surface area contributed by atoms with E-state index in [0.717, 1.165) is 17.7 Å². The maximum atomic E-state index is 9.63. The number of hydrogen-bond donors (Lipinski definition) is 2. The van der Waals surface area contributed by atoms with E-state index in [4.69, 9.17) is 0 Å². The Morgan fingerprint density at radius 2 is 1.85 bits per heavy atom. The fourth-order valence-corrected chi connectivity index (χ4v) is 2.21. The van der Waals surface area contributed by atoms with Gasteiger partial charge < -0.3 is 5.11 Å². The molecule has 3 nitrogen and oxygen atoms in total. The molecule has 0 bridgehead atoms. The lowest BCUT2D eigenvalue weighted by Crippen LogP contribution is -2.29. The minimum Gasteiger partial charge on any atom is -0.394 e. The number of hydrogen-bond acceptors (Lipinski definition) is 3. The van der Waals surface area contributed by atoms with Crippen molar-refractivity contribution in [2.75, 3.05) is 6.61 Å². The molecule has 104 valence electrons. The van der Waals surface area contributed by atoms with Gasteiger partial charge in [-0.05, 0) is 24.1 Å². The van der Waals surface area contributed by atoms with Gasteiger partial charge in [0.25, 0.3) is 0 Å². The number of pyridine rings is 1. The molecule has 0 amide bonds. The zero-order chi connectivity index (χ0) is 14.2. The molecule has 0 fully saturated rings. The second-order valence-corrected chi connectivity index (χ2v) is 4.64. The molecule has 2 aromatic rings. The molecule has 1 heterocycles. The molecule has 1 aromatic carbocycles. The second-order valence-electron chi connectivity index (χ2n) is 4.64. The van der Waals surface area contributed by atoms with Gasteiger partial charge in [-0.2, -0.15) is 0 Å². The first-order chi connectivity index (χ1) is 9.85. The summed E-state index contributed by atoms with van der Waals surface area (Å²) in [4.78, 5) is 4.39. The maximum absolute atomic E-state index is 9.63. The maximum Gasteiger partial charge on any atom is 0.0626 e. The van der Waals surface area contributed by atoms with Crippen molar-refractivity contribution < 1.29 is 5.11 Å². The molecule has 1 unspecified atom stereocenters. The smallest absolute Gasteiger partial charge is 0.0626 e. The van der Waals surface area contributed by atoms with Crippen molar-refractivity contribution >= 4 is 0 Å². The van der Waals surface area contributed by atoms with Gasteiger partial charge in [0, 0.05) is 6.20 Å². The summed E-state index contributed by atoms with van der Waals surface area (Å²) in [6, 6.07) is 15.7. The summed E-state index contributed by atoms with van der Waals surface area (Å²) in [5.74, 6) is 0. The van der Waals surface area contributed by atoms with E-state index in [2.05, 4.69) is 16.9 Å². The van der Waals surface area contributed by atoms with Crippen molar-refractivity contribution in [3.8, 4) is 0 Å². The Morgan fingerprint density at radius 3 is 2.45 bits per heavy atom. The van der Waals surface area contributed by atoms with Crippen LogP contribution in [0.4, 0.5) is 0 Å². The van der Waals surface area contributed by atoms with Crippen LogP contribution in [0.5, 0.6) is 0 Å². The topological polar surface area (TPSA) is 45.1 Å². The second kappa shape index (κ2) is 7.58. The number of nitrogens with one attached hydrogen (secondary N) is 1. The quantitative estimate of drug-likeness (QED) is 0.759. The number of rotatable bonds is 7. The van der Waals surface area contributed by atoms with E-state index >= 15 is 0 Å². The lowest BCUT2D eigenvalue weighted by molar-refractivity contribution is 0.232. The molecule has 2 rings (SSSR count). The van der Waals surface area contributed by atoms with Gasteiger partial charge in [0.2, 0.25) is 0 Å². The van der Waals surface area contributed by atoms with Crippen molar-refractivity contribution in [3.63, 3.8) is 0 Å². The molecular formula is C17H20N2O. The number of nitrogens with zero attached hydrogens (tertiary/aromatic N) is 1. The lowest BCUT2D eigenvalue weighted by atomic mass is 10.0. The van der Waals surface area contributed by atoms with Gasteiger partial charge in [-0.3, -0.25) is 10.3 Å². The minimum absolute atomic E-state index is 0.0461. The largest absolute Gasteiger partial charge is 0.394 e. The van der Waals surface area contributed by atoms with Gasteiger partial charge in [0.15, 0.2) is 0 Å². The molecule has 3 heteroatoms. The van der Waals surface area contributed by atoms with Crippen LogP contribution >= 0.6 is 0 Å².